The maximum absolute atomic E-state index is 12.1. The van der Waals surface area contributed by atoms with Gasteiger partial charge in [0, 0.05) is 5.54 Å². The number of carbonyl (C=O) groups is 1. The van der Waals surface area contributed by atoms with E-state index in [1.807, 2.05) is 51.1 Å². The second-order valence-corrected chi connectivity index (χ2v) is 7.36. The standard InChI is InChI=1S/C19H25N5O2/c1-12(24(5)11-16(25)23-19(2,3)4)17(26)13(10-20)18-21-14-8-6-7-9-15(14)22-18/h6-9,12,26H,11H2,1-5H3,(H,21,22)(H,23,25)/b17-13-/t12-/m1/s1. The van der Waals surface area contributed by atoms with Crippen molar-refractivity contribution < 1.29 is 9.90 Å². The van der Waals surface area contributed by atoms with E-state index in [4.69, 9.17) is 0 Å². The van der Waals surface area contributed by atoms with Gasteiger partial charge < -0.3 is 15.4 Å². The van der Waals surface area contributed by atoms with Gasteiger partial charge in [0.15, 0.2) is 5.82 Å². The predicted octanol–water partition coefficient (Wildman–Crippen LogP) is 2.59. The Morgan fingerprint density at radius 1 is 1.42 bits per heavy atom. The summed E-state index contributed by atoms with van der Waals surface area (Å²) < 4.78 is 0. The summed E-state index contributed by atoms with van der Waals surface area (Å²) in [6.07, 6.45) is 0. The van der Waals surface area contributed by atoms with E-state index in [9.17, 15) is 15.2 Å². The van der Waals surface area contributed by atoms with Gasteiger partial charge in [0.2, 0.25) is 5.91 Å². The highest BCUT2D eigenvalue weighted by atomic mass is 16.3. The van der Waals surface area contributed by atoms with E-state index in [2.05, 4.69) is 15.3 Å². The molecule has 26 heavy (non-hydrogen) atoms. The van der Waals surface area contributed by atoms with Gasteiger partial charge in [0.05, 0.1) is 23.6 Å². The number of aromatic amines is 1. The first-order valence-corrected chi connectivity index (χ1v) is 8.42. The van der Waals surface area contributed by atoms with E-state index in [0.29, 0.717) is 11.3 Å². The molecule has 1 aromatic heterocycles. The lowest BCUT2D eigenvalue weighted by atomic mass is 10.1. The Balaban J connectivity index is 2.23. The van der Waals surface area contributed by atoms with Crippen molar-refractivity contribution in [2.75, 3.05) is 13.6 Å². The maximum atomic E-state index is 12.1. The molecule has 1 heterocycles. The largest absolute Gasteiger partial charge is 0.509 e. The first-order chi connectivity index (χ1) is 12.1. The predicted molar refractivity (Wildman–Crippen MR) is 101 cm³/mol. The van der Waals surface area contributed by atoms with E-state index >= 15 is 0 Å². The molecule has 2 aromatic rings. The number of fused-ring (bicyclic) bond motifs is 1. The van der Waals surface area contributed by atoms with Crippen LogP contribution in [-0.2, 0) is 4.79 Å². The number of nitrogens with zero attached hydrogens (tertiary/aromatic N) is 3. The Hall–Kier alpha value is -2.85. The smallest absolute Gasteiger partial charge is 0.234 e. The molecule has 0 saturated carbocycles. The molecule has 0 unspecified atom stereocenters. The molecule has 2 rings (SSSR count). The molecule has 0 aliphatic heterocycles. The first kappa shape index (κ1) is 19.5. The number of carbonyl (C=O) groups excluding carboxylic acids is 1. The average Bonchev–Trinajstić information content (AvgIpc) is 2.96. The molecule has 0 saturated heterocycles. The van der Waals surface area contributed by atoms with E-state index in [1.54, 1.807) is 18.9 Å². The van der Waals surface area contributed by atoms with Crippen molar-refractivity contribution in [3.63, 3.8) is 0 Å². The van der Waals surface area contributed by atoms with Gasteiger partial charge in [-0.3, -0.25) is 9.69 Å². The number of aliphatic hydroxyl groups is 1. The van der Waals surface area contributed by atoms with Crippen LogP contribution in [0.25, 0.3) is 16.6 Å². The summed E-state index contributed by atoms with van der Waals surface area (Å²) in [5, 5.41) is 23.0. The summed E-state index contributed by atoms with van der Waals surface area (Å²) in [5.74, 6) is 0.0325. The third-order valence-electron chi connectivity index (χ3n) is 3.96. The quantitative estimate of drug-likeness (QED) is 0.565. The fourth-order valence-electron chi connectivity index (χ4n) is 2.54. The van der Waals surface area contributed by atoms with E-state index in [1.165, 1.54) is 0 Å². The van der Waals surface area contributed by atoms with Gasteiger partial charge in [-0.1, -0.05) is 12.1 Å². The molecule has 0 bridgehead atoms. The van der Waals surface area contributed by atoms with Crippen molar-refractivity contribution in [1.82, 2.24) is 20.2 Å². The SMILES string of the molecule is C[C@H](/C(O)=C(\C#N)c1nc2ccccc2[nH]1)N(C)CC(=O)NC(C)(C)C. The van der Waals surface area contributed by atoms with E-state index in [0.717, 1.165) is 5.52 Å². The minimum absolute atomic E-state index is 0.0665. The molecule has 0 radical (unpaired) electrons. The van der Waals surface area contributed by atoms with Crippen LogP contribution in [0.1, 0.15) is 33.5 Å². The molecule has 138 valence electrons. The van der Waals surface area contributed by atoms with E-state index < -0.39 is 6.04 Å². The number of allylic oxidation sites excluding steroid dienone is 1. The van der Waals surface area contributed by atoms with Crippen LogP contribution in [0, 0.1) is 11.3 Å². The monoisotopic (exact) mass is 355 g/mol. The van der Waals surface area contributed by atoms with Gasteiger partial charge in [-0.15, -0.1) is 0 Å². The summed E-state index contributed by atoms with van der Waals surface area (Å²) in [6, 6.07) is 8.89. The summed E-state index contributed by atoms with van der Waals surface area (Å²) in [7, 11) is 1.72. The molecule has 1 atom stereocenters. The molecule has 7 nitrogen and oxygen atoms in total. The zero-order valence-electron chi connectivity index (χ0n) is 15.8. The van der Waals surface area contributed by atoms with Crippen LogP contribution in [0.15, 0.2) is 30.0 Å². The van der Waals surface area contributed by atoms with E-state index in [-0.39, 0.29) is 29.3 Å². The normalized spacial score (nSPS) is 14.0. The van der Waals surface area contributed by atoms with Crippen LogP contribution in [-0.4, -0.2) is 51.1 Å². The van der Waals surface area contributed by atoms with Crippen LogP contribution < -0.4 is 5.32 Å². The topological polar surface area (TPSA) is 105 Å². The summed E-state index contributed by atoms with van der Waals surface area (Å²) in [5.41, 5.74) is 1.24. The molecule has 0 fully saturated rings. The second kappa shape index (κ2) is 7.58. The van der Waals surface area contributed by atoms with Gasteiger partial charge in [-0.05, 0) is 46.9 Å². The molecular formula is C19H25N5O2. The Morgan fingerprint density at radius 3 is 2.65 bits per heavy atom. The Morgan fingerprint density at radius 2 is 2.08 bits per heavy atom. The van der Waals surface area contributed by atoms with Gasteiger partial charge >= 0.3 is 0 Å². The first-order valence-electron chi connectivity index (χ1n) is 8.42. The van der Waals surface area contributed by atoms with Crippen LogP contribution >= 0.6 is 0 Å². The summed E-state index contributed by atoms with van der Waals surface area (Å²) in [6.45, 7) is 7.55. The minimum Gasteiger partial charge on any atom is -0.509 e. The summed E-state index contributed by atoms with van der Waals surface area (Å²) >= 11 is 0. The van der Waals surface area contributed by atoms with Crippen molar-refractivity contribution in [2.24, 2.45) is 0 Å². The number of imidazole rings is 1. The van der Waals surface area contributed by atoms with Crippen molar-refractivity contribution in [3.05, 3.63) is 35.8 Å². The molecular weight excluding hydrogens is 330 g/mol. The third-order valence-corrected chi connectivity index (χ3v) is 3.96. The maximum Gasteiger partial charge on any atom is 0.234 e. The molecule has 3 N–H and O–H groups in total. The zero-order valence-corrected chi connectivity index (χ0v) is 15.8. The number of nitrogens with one attached hydrogen (secondary N) is 2. The number of amides is 1. The fourth-order valence-corrected chi connectivity index (χ4v) is 2.54. The van der Waals surface area contributed by atoms with Gasteiger partial charge in [0.1, 0.15) is 17.4 Å². The highest BCUT2D eigenvalue weighted by molar-refractivity contribution is 5.83. The fraction of sp³-hybridized carbons (Fsp3) is 0.421. The second-order valence-electron chi connectivity index (χ2n) is 7.36. The molecule has 0 aliphatic rings. The lowest BCUT2D eigenvalue weighted by molar-refractivity contribution is -0.123. The number of hydrogen-bond acceptors (Lipinski definition) is 5. The third kappa shape index (κ3) is 4.61. The number of likely N-dealkylation sites (N-methyl/N-ethyl adjacent to an activating group) is 1. The van der Waals surface area contributed by atoms with Crippen molar-refractivity contribution in [2.45, 2.75) is 39.3 Å². The Bertz CT molecular complexity index is 837. The number of H-pyrrole nitrogens is 1. The van der Waals surface area contributed by atoms with Gasteiger partial charge in [-0.2, -0.15) is 5.26 Å². The molecule has 1 amide bonds. The number of nitriles is 1. The lowest BCUT2D eigenvalue weighted by Gasteiger charge is -2.27. The number of benzene rings is 1. The van der Waals surface area contributed by atoms with Crippen LogP contribution in [0.3, 0.4) is 0 Å². The van der Waals surface area contributed by atoms with Gasteiger partial charge in [0.25, 0.3) is 0 Å². The van der Waals surface area contributed by atoms with Gasteiger partial charge in [-0.25, -0.2) is 4.98 Å². The number of aromatic nitrogens is 2. The summed E-state index contributed by atoms with van der Waals surface area (Å²) in [4.78, 5) is 21.2. The molecule has 0 spiro atoms. The van der Waals surface area contributed by atoms with Crippen molar-refractivity contribution in [1.29, 1.82) is 5.26 Å². The zero-order chi connectivity index (χ0) is 19.5. The van der Waals surface area contributed by atoms with Crippen LogP contribution in [0.4, 0.5) is 0 Å². The highest BCUT2D eigenvalue weighted by Crippen LogP contribution is 2.21. The Labute approximate surface area is 153 Å². The average molecular weight is 355 g/mol. The number of para-hydroxylation sites is 2. The number of hydrogen-bond donors (Lipinski definition) is 3. The minimum atomic E-state index is -0.524. The van der Waals surface area contributed by atoms with Crippen LogP contribution in [0.5, 0.6) is 0 Å². The lowest BCUT2D eigenvalue weighted by Crippen LogP contribution is -2.47. The van der Waals surface area contributed by atoms with Crippen LogP contribution in [0.2, 0.25) is 0 Å². The Kier molecular flexibility index (Phi) is 5.68. The number of rotatable bonds is 5. The van der Waals surface area contributed by atoms with Crippen molar-refractivity contribution in [3.8, 4) is 6.07 Å². The molecule has 1 aromatic carbocycles. The van der Waals surface area contributed by atoms with Crippen molar-refractivity contribution >= 4 is 22.5 Å². The highest BCUT2D eigenvalue weighted by Gasteiger charge is 2.23. The number of aliphatic hydroxyl groups excluding tert-OH is 1. The molecule has 0 aliphatic carbocycles. The molecule has 7 heteroatoms.